The molecular formula is C14H19N3O4. The zero-order valence-electron chi connectivity index (χ0n) is 12.1. The Hall–Kier alpha value is -2.18. The van der Waals surface area contributed by atoms with Gasteiger partial charge in [-0.15, -0.1) is 0 Å². The van der Waals surface area contributed by atoms with Crippen LogP contribution in [0.1, 0.15) is 43.2 Å². The monoisotopic (exact) mass is 293 g/mol. The van der Waals surface area contributed by atoms with E-state index < -0.39 is 17.4 Å². The van der Waals surface area contributed by atoms with Crippen molar-refractivity contribution in [1.82, 2.24) is 9.97 Å². The van der Waals surface area contributed by atoms with E-state index in [0.717, 1.165) is 19.3 Å². The van der Waals surface area contributed by atoms with Crippen LogP contribution in [-0.2, 0) is 9.53 Å². The molecule has 2 atom stereocenters. The number of aliphatic carboxylic acids is 1. The highest BCUT2D eigenvalue weighted by Gasteiger charge is 2.43. The van der Waals surface area contributed by atoms with Crippen LogP contribution in [0.4, 0.5) is 5.82 Å². The van der Waals surface area contributed by atoms with Gasteiger partial charge in [0.15, 0.2) is 0 Å². The molecule has 1 fully saturated rings. The molecule has 0 aromatic carbocycles. The lowest BCUT2D eigenvalue weighted by atomic mass is 9.71. The molecule has 114 valence electrons. The van der Waals surface area contributed by atoms with Gasteiger partial charge in [0.05, 0.1) is 12.5 Å². The summed E-state index contributed by atoms with van der Waals surface area (Å²) in [6.07, 6.45) is 4.69. The number of hydrogen-bond acceptors (Lipinski definition) is 6. The maximum Gasteiger partial charge on any atom is 0.376 e. The quantitative estimate of drug-likeness (QED) is 0.815. The number of carboxylic acid groups (broad SMARTS) is 1. The topological polar surface area (TPSA) is 101 Å². The van der Waals surface area contributed by atoms with Gasteiger partial charge in [0.25, 0.3) is 0 Å². The Balaban J connectivity index is 2.20. The van der Waals surface area contributed by atoms with Crippen molar-refractivity contribution in [3.63, 3.8) is 0 Å². The minimum atomic E-state index is -0.839. The summed E-state index contributed by atoms with van der Waals surface area (Å²) in [5.41, 5.74) is -0.839. The van der Waals surface area contributed by atoms with Gasteiger partial charge in [-0.05, 0) is 25.8 Å². The number of carboxylic acids is 1. The van der Waals surface area contributed by atoms with Crippen LogP contribution in [0.5, 0.6) is 0 Å². The van der Waals surface area contributed by atoms with Crippen LogP contribution in [0.3, 0.4) is 0 Å². The predicted molar refractivity (Wildman–Crippen MR) is 75.0 cm³/mol. The van der Waals surface area contributed by atoms with Gasteiger partial charge in [0.1, 0.15) is 5.82 Å². The summed E-state index contributed by atoms with van der Waals surface area (Å²) < 4.78 is 4.57. The van der Waals surface area contributed by atoms with Crippen molar-refractivity contribution in [2.75, 3.05) is 12.4 Å². The van der Waals surface area contributed by atoms with Crippen LogP contribution >= 0.6 is 0 Å². The molecule has 1 aliphatic carbocycles. The minimum absolute atomic E-state index is 0.0460. The van der Waals surface area contributed by atoms with E-state index in [1.165, 1.54) is 13.3 Å². The molecule has 7 heteroatoms. The van der Waals surface area contributed by atoms with Crippen LogP contribution < -0.4 is 5.32 Å². The molecular weight excluding hydrogens is 274 g/mol. The van der Waals surface area contributed by atoms with E-state index >= 15 is 0 Å². The smallest absolute Gasteiger partial charge is 0.376 e. The largest absolute Gasteiger partial charge is 0.481 e. The SMILES string of the molecule is COC(=O)c1nccc(NC2CCCCC2(C)C(=O)O)n1. The number of nitrogens with zero attached hydrogens (tertiary/aromatic N) is 2. The fraction of sp³-hybridized carbons (Fsp3) is 0.571. The normalized spacial score (nSPS) is 25.1. The van der Waals surface area contributed by atoms with Crippen molar-refractivity contribution in [3.8, 4) is 0 Å². The highest BCUT2D eigenvalue weighted by molar-refractivity contribution is 5.85. The molecule has 0 aliphatic heterocycles. The first kappa shape index (κ1) is 15.2. The molecule has 2 unspecified atom stereocenters. The van der Waals surface area contributed by atoms with Crippen molar-refractivity contribution in [2.45, 2.75) is 38.6 Å². The number of esters is 1. The summed E-state index contributed by atoms with van der Waals surface area (Å²) in [4.78, 5) is 30.9. The average molecular weight is 293 g/mol. The van der Waals surface area contributed by atoms with E-state index in [-0.39, 0.29) is 11.9 Å². The third kappa shape index (κ3) is 3.12. The number of carbonyl (C=O) groups is 2. The van der Waals surface area contributed by atoms with Crippen molar-refractivity contribution < 1.29 is 19.4 Å². The Morgan fingerprint density at radius 1 is 1.48 bits per heavy atom. The van der Waals surface area contributed by atoms with Crippen molar-refractivity contribution in [2.24, 2.45) is 5.41 Å². The second kappa shape index (κ2) is 6.07. The molecule has 2 N–H and O–H groups in total. The number of nitrogens with one attached hydrogen (secondary N) is 1. The van der Waals surface area contributed by atoms with Crippen molar-refractivity contribution in [3.05, 3.63) is 18.1 Å². The first-order valence-electron chi connectivity index (χ1n) is 6.88. The minimum Gasteiger partial charge on any atom is -0.481 e. The van der Waals surface area contributed by atoms with E-state index in [1.54, 1.807) is 13.0 Å². The Kier molecular flexibility index (Phi) is 4.40. The maximum atomic E-state index is 11.6. The second-order valence-corrected chi connectivity index (χ2v) is 5.42. The van der Waals surface area contributed by atoms with Crippen LogP contribution in [0.15, 0.2) is 12.3 Å². The molecule has 0 spiro atoms. The summed E-state index contributed by atoms with van der Waals surface area (Å²) in [6.45, 7) is 1.74. The van der Waals surface area contributed by atoms with Gasteiger partial charge >= 0.3 is 11.9 Å². The first-order chi connectivity index (χ1) is 9.97. The molecule has 1 aliphatic rings. The number of anilines is 1. The number of rotatable bonds is 4. The second-order valence-electron chi connectivity index (χ2n) is 5.42. The van der Waals surface area contributed by atoms with Gasteiger partial charge in [0, 0.05) is 12.2 Å². The molecule has 1 saturated carbocycles. The third-order valence-electron chi connectivity index (χ3n) is 4.04. The summed E-state index contributed by atoms with van der Waals surface area (Å²) in [7, 11) is 1.26. The van der Waals surface area contributed by atoms with Crippen LogP contribution in [-0.4, -0.2) is 40.2 Å². The lowest BCUT2D eigenvalue weighted by Crippen LogP contribution is -2.46. The molecule has 1 aromatic rings. The highest BCUT2D eigenvalue weighted by atomic mass is 16.5. The maximum absolute atomic E-state index is 11.6. The number of carbonyl (C=O) groups excluding carboxylic acids is 1. The molecule has 0 amide bonds. The van der Waals surface area contributed by atoms with Gasteiger partial charge in [-0.2, -0.15) is 0 Å². The van der Waals surface area contributed by atoms with Crippen molar-refractivity contribution in [1.29, 1.82) is 0 Å². The zero-order chi connectivity index (χ0) is 15.5. The fourth-order valence-corrected chi connectivity index (χ4v) is 2.63. The van der Waals surface area contributed by atoms with E-state index in [9.17, 15) is 14.7 Å². The molecule has 0 radical (unpaired) electrons. The Bertz CT molecular complexity index is 549. The Labute approximate surface area is 122 Å². The van der Waals surface area contributed by atoms with Gasteiger partial charge in [-0.1, -0.05) is 12.8 Å². The lowest BCUT2D eigenvalue weighted by molar-refractivity contribution is -0.150. The molecule has 1 aromatic heterocycles. The Morgan fingerprint density at radius 2 is 2.24 bits per heavy atom. The molecule has 0 bridgehead atoms. The fourth-order valence-electron chi connectivity index (χ4n) is 2.63. The van der Waals surface area contributed by atoms with Crippen LogP contribution in [0, 0.1) is 5.41 Å². The predicted octanol–water partition coefficient (Wildman–Crippen LogP) is 1.71. The molecule has 2 rings (SSSR count). The average Bonchev–Trinajstić information content (AvgIpc) is 2.49. The molecule has 7 nitrogen and oxygen atoms in total. The van der Waals surface area contributed by atoms with Crippen molar-refractivity contribution >= 4 is 17.8 Å². The zero-order valence-corrected chi connectivity index (χ0v) is 12.1. The van der Waals surface area contributed by atoms with E-state index in [1.807, 2.05) is 0 Å². The number of ether oxygens (including phenoxy) is 1. The van der Waals surface area contributed by atoms with E-state index in [0.29, 0.717) is 12.2 Å². The van der Waals surface area contributed by atoms with Gasteiger partial charge in [0.2, 0.25) is 5.82 Å². The molecule has 0 saturated heterocycles. The van der Waals surface area contributed by atoms with Crippen LogP contribution in [0.2, 0.25) is 0 Å². The summed E-state index contributed by atoms with van der Waals surface area (Å²) in [6, 6.07) is 1.38. The van der Waals surface area contributed by atoms with Gasteiger partial charge in [-0.3, -0.25) is 4.79 Å². The Morgan fingerprint density at radius 3 is 2.90 bits per heavy atom. The number of aromatic nitrogens is 2. The van der Waals surface area contributed by atoms with E-state index in [2.05, 4.69) is 20.0 Å². The van der Waals surface area contributed by atoms with Crippen LogP contribution in [0.25, 0.3) is 0 Å². The number of hydrogen-bond donors (Lipinski definition) is 2. The summed E-state index contributed by atoms with van der Waals surface area (Å²) >= 11 is 0. The number of methoxy groups -OCH3 is 1. The van der Waals surface area contributed by atoms with E-state index in [4.69, 9.17) is 0 Å². The lowest BCUT2D eigenvalue weighted by Gasteiger charge is -2.38. The molecule has 21 heavy (non-hydrogen) atoms. The van der Waals surface area contributed by atoms with Gasteiger partial charge in [-0.25, -0.2) is 14.8 Å². The third-order valence-corrected chi connectivity index (χ3v) is 4.04. The summed E-state index contributed by atoms with van der Waals surface area (Å²) in [5, 5.41) is 12.6. The highest BCUT2D eigenvalue weighted by Crippen LogP contribution is 2.37. The first-order valence-corrected chi connectivity index (χ1v) is 6.88. The molecule has 1 heterocycles. The summed E-state index contributed by atoms with van der Waals surface area (Å²) in [5.74, 6) is -1.05. The van der Waals surface area contributed by atoms with Gasteiger partial charge < -0.3 is 15.2 Å². The standard InChI is InChI=1S/C14H19N3O4/c1-14(13(19)20)7-4-3-5-9(14)16-10-6-8-15-11(17-10)12(18)21-2/h6,8-9H,3-5,7H2,1-2H3,(H,19,20)(H,15,16,17).